The van der Waals surface area contributed by atoms with E-state index < -0.39 is 45.6 Å². The molecule has 1 atom stereocenters. The summed E-state index contributed by atoms with van der Waals surface area (Å²) in [5.74, 6) is -2.82. The number of fused-ring (bicyclic) bond motifs is 1. The highest BCUT2D eigenvalue weighted by atomic mass is 32.2. The fourth-order valence-corrected chi connectivity index (χ4v) is 9.42. The minimum absolute atomic E-state index is 0.0461. The minimum atomic E-state index is -3.77. The summed E-state index contributed by atoms with van der Waals surface area (Å²) in [6.07, 6.45) is 6.49. The number of amides is 5. The molecular weight excluding hydrogens is 943 g/mol. The van der Waals surface area contributed by atoms with E-state index in [1.165, 1.54) is 28.8 Å². The third-order valence-corrected chi connectivity index (χ3v) is 13.5. The molecule has 0 saturated carbocycles. The Hall–Kier alpha value is -7.13. The Morgan fingerprint density at radius 2 is 1.55 bits per heavy atom. The zero-order valence-electron chi connectivity index (χ0n) is 38.6. The Bertz CT molecular complexity index is 2810. The maximum Gasteiger partial charge on any atom is 0.278 e. The van der Waals surface area contributed by atoms with Crippen LogP contribution in [-0.2, 0) is 51.6 Å². The second kappa shape index (κ2) is 23.7. The number of piperazine rings is 1. The first kappa shape index (κ1) is 50.3. The summed E-state index contributed by atoms with van der Waals surface area (Å²) in [5, 5.41) is 16.5. The molecule has 8 rings (SSSR count). The summed E-state index contributed by atoms with van der Waals surface area (Å²) in [5.41, 5.74) is 8.89. The normalized spacial score (nSPS) is 16.6. The monoisotopic (exact) mass is 995 g/mol. The van der Waals surface area contributed by atoms with Crippen LogP contribution in [0.25, 0.3) is 11.3 Å². The van der Waals surface area contributed by atoms with Crippen molar-refractivity contribution >= 4 is 56.8 Å². The van der Waals surface area contributed by atoms with Crippen LogP contribution in [0.4, 0.5) is 17.2 Å². The van der Waals surface area contributed by atoms with Gasteiger partial charge in [0.15, 0.2) is 11.5 Å². The molecule has 2 aromatic carbocycles. The highest BCUT2D eigenvalue weighted by Crippen LogP contribution is 2.32. The Balaban J connectivity index is 0.648. The number of ether oxygens (including phenoxy) is 4. The zero-order chi connectivity index (χ0) is 49.7. The third-order valence-electron chi connectivity index (χ3n) is 11.6. The number of carbonyl (C=O) groups is 5. The van der Waals surface area contributed by atoms with E-state index in [9.17, 15) is 32.4 Å². The van der Waals surface area contributed by atoms with Crippen LogP contribution >= 0.6 is 0 Å². The van der Waals surface area contributed by atoms with E-state index in [2.05, 4.69) is 46.1 Å². The lowest BCUT2D eigenvalue weighted by Crippen LogP contribution is -2.54. The van der Waals surface area contributed by atoms with Gasteiger partial charge in [-0.05, 0) is 42.8 Å². The summed E-state index contributed by atoms with van der Waals surface area (Å²) in [6, 6.07) is 13.5. The molecule has 3 aliphatic rings. The van der Waals surface area contributed by atoms with Gasteiger partial charge in [-0.1, -0.05) is 23.4 Å². The number of nitrogen functional groups attached to an aromatic ring is 1. The van der Waals surface area contributed by atoms with Crippen molar-refractivity contribution in [2.75, 3.05) is 102 Å². The Morgan fingerprint density at radius 1 is 0.831 bits per heavy atom. The van der Waals surface area contributed by atoms with Crippen molar-refractivity contribution in [2.45, 2.75) is 36.9 Å². The molecule has 71 heavy (non-hydrogen) atoms. The van der Waals surface area contributed by atoms with Gasteiger partial charge in [0.05, 0.1) is 105 Å². The van der Waals surface area contributed by atoms with Gasteiger partial charge in [-0.3, -0.25) is 44.1 Å². The molecule has 374 valence electrons. The number of hydrogen-bond donors (Lipinski definition) is 4. The van der Waals surface area contributed by atoms with Crippen molar-refractivity contribution in [3.8, 4) is 11.3 Å². The van der Waals surface area contributed by atoms with Crippen molar-refractivity contribution in [3.05, 3.63) is 102 Å². The molecule has 0 spiro atoms. The number of hydrogen-bond acceptors (Lipinski definition) is 19. The number of carbonyl (C=O) groups excluding carboxylic acids is 5. The highest BCUT2D eigenvalue weighted by molar-refractivity contribution is 7.89. The van der Waals surface area contributed by atoms with Crippen LogP contribution in [0, 0.1) is 0 Å². The standard InChI is InChI=1S/C46H53N13O11S/c47-42-41(44(62)51-32-3-2-12-48-27-32)52-37(28-50-42)31-6-8-34(9-7-31)71(65,66)58-16-14-56(15-17-58)29-33-30-57(55-54-33)18-20-68-22-24-70-26-25-69-23-21-67-19-13-49-36-5-1-4-35-40(36)46(64)59(45(35)63)38-10-11-39(60)53-43(38)61/h1-9,12,27-28,30,38,49H,10-11,13-26,29H2,(H2,47,50)(H,51,62)(H,53,60,61). The lowest BCUT2D eigenvalue weighted by atomic mass is 10.0. The quantitative estimate of drug-likeness (QED) is 0.0496. The average molecular weight is 996 g/mol. The number of imide groups is 2. The number of benzene rings is 2. The molecule has 1 unspecified atom stereocenters. The first-order valence-electron chi connectivity index (χ1n) is 22.9. The maximum atomic E-state index is 13.6. The van der Waals surface area contributed by atoms with Gasteiger partial charge >= 0.3 is 0 Å². The molecule has 24 nitrogen and oxygen atoms in total. The number of piperidine rings is 1. The lowest BCUT2D eigenvalue weighted by molar-refractivity contribution is -0.136. The van der Waals surface area contributed by atoms with E-state index >= 15 is 0 Å². The van der Waals surface area contributed by atoms with Crippen LogP contribution in [0.1, 0.15) is 49.7 Å². The number of nitrogens with zero attached hydrogens (tertiary/aromatic N) is 9. The second-order valence-electron chi connectivity index (χ2n) is 16.4. The van der Waals surface area contributed by atoms with Gasteiger partial charge in [0.25, 0.3) is 17.7 Å². The fourth-order valence-electron chi connectivity index (χ4n) is 8.00. The van der Waals surface area contributed by atoms with Crippen LogP contribution in [0.5, 0.6) is 0 Å². The number of nitrogens with one attached hydrogen (secondary N) is 3. The number of aromatic nitrogens is 6. The van der Waals surface area contributed by atoms with Crippen molar-refractivity contribution in [1.82, 2.24) is 49.4 Å². The van der Waals surface area contributed by atoms with E-state index in [4.69, 9.17) is 24.7 Å². The maximum absolute atomic E-state index is 13.6. The Labute approximate surface area is 408 Å². The van der Waals surface area contributed by atoms with Gasteiger partial charge in [-0.25, -0.2) is 23.1 Å². The molecule has 0 radical (unpaired) electrons. The SMILES string of the molecule is Nc1ncc(-c2ccc(S(=O)(=O)N3CCN(Cc4cn(CCOCCOCCOCCOCCNc5cccc6c5C(=O)N(C5CCC(=O)NC5=O)C6=O)nn4)CC3)cc2)nc1C(=O)Nc1cccnc1. The van der Waals surface area contributed by atoms with Crippen molar-refractivity contribution < 1.29 is 51.3 Å². The van der Waals surface area contributed by atoms with E-state index in [1.807, 2.05) is 6.20 Å². The summed E-state index contributed by atoms with van der Waals surface area (Å²) in [4.78, 5) is 78.7. The van der Waals surface area contributed by atoms with Crippen LogP contribution in [0.3, 0.4) is 0 Å². The zero-order valence-corrected chi connectivity index (χ0v) is 39.4. The smallest absolute Gasteiger partial charge is 0.278 e. The van der Waals surface area contributed by atoms with Crippen molar-refractivity contribution in [1.29, 1.82) is 0 Å². The number of nitrogens with two attached hydrogens (primary N) is 1. The summed E-state index contributed by atoms with van der Waals surface area (Å²) >= 11 is 0. The van der Waals surface area contributed by atoms with E-state index in [0.29, 0.717) is 121 Å². The molecular formula is C46H53N13O11S. The van der Waals surface area contributed by atoms with E-state index in [0.717, 1.165) is 10.6 Å². The number of sulfonamides is 1. The van der Waals surface area contributed by atoms with Gasteiger partial charge in [0.1, 0.15) is 6.04 Å². The molecule has 25 heteroatoms. The van der Waals surface area contributed by atoms with Crippen molar-refractivity contribution in [3.63, 3.8) is 0 Å². The number of rotatable bonds is 24. The van der Waals surface area contributed by atoms with Crippen molar-refractivity contribution in [2.24, 2.45) is 0 Å². The van der Waals surface area contributed by atoms with Crippen LogP contribution < -0.4 is 21.7 Å². The molecule has 5 amide bonds. The summed E-state index contributed by atoms with van der Waals surface area (Å²) in [7, 11) is -3.77. The first-order valence-corrected chi connectivity index (χ1v) is 24.4. The van der Waals surface area contributed by atoms with E-state index in [1.54, 1.807) is 53.3 Å². The average Bonchev–Trinajstić information content (AvgIpc) is 3.93. The van der Waals surface area contributed by atoms with Gasteiger partial charge in [0.2, 0.25) is 21.8 Å². The van der Waals surface area contributed by atoms with Gasteiger partial charge in [0, 0.05) is 69.3 Å². The second-order valence-corrected chi connectivity index (χ2v) is 18.4. The third kappa shape index (κ3) is 12.6. The van der Waals surface area contributed by atoms with Gasteiger partial charge in [-0.15, -0.1) is 5.10 Å². The predicted molar refractivity (Wildman–Crippen MR) is 253 cm³/mol. The first-order chi connectivity index (χ1) is 34.5. The molecule has 2 fully saturated rings. The number of anilines is 3. The predicted octanol–water partition coefficient (Wildman–Crippen LogP) is 1.05. The molecule has 5 aromatic rings. The number of pyridine rings is 1. The molecule has 3 aromatic heterocycles. The molecule has 0 bridgehead atoms. The Morgan fingerprint density at radius 3 is 2.25 bits per heavy atom. The topological polar surface area (TPSA) is 298 Å². The molecule has 5 N–H and O–H groups in total. The van der Waals surface area contributed by atoms with Crippen LogP contribution in [0.15, 0.2) is 84.3 Å². The lowest BCUT2D eigenvalue weighted by Gasteiger charge is -2.33. The Kier molecular flexibility index (Phi) is 16.7. The minimum Gasteiger partial charge on any atom is -0.382 e. The highest BCUT2D eigenvalue weighted by Gasteiger charge is 2.45. The van der Waals surface area contributed by atoms with Crippen LogP contribution in [0.2, 0.25) is 0 Å². The summed E-state index contributed by atoms with van der Waals surface area (Å²) < 4.78 is 52.8. The molecule has 2 saturated heterocycles. The molecule has 0 aliphatic carbocycles. The van der Waals surface area contributed by atoms with E-state index in [-0.39, 0.29) is 40.4 Å². The summed E-state index contributed by atoms with van der Waals surface area (Å²) in [6.45, 7) is 5.97. The van der Waals surface area contributed by atoms with Crippen LogP contribution in [-0.4, -0.2) is 174 Å². The van der Waals surface area contributed by atoms with Gasteiger partial charge in [-0.2, -0.15) is 4.31 Å². The fraction of sp³-hybridized carbons (Fsp3) is 0.391. The molecule has 3 aliphatic heterocycles. The largest absolute Gasteiger partial charge is 0.382 e. The molecule has 6 heterocycles. The van der Waals surface area contributed by atoms with Gasteiger partial charge < -0.3 is 35.3 Å².